The summed E-state index contributed by atoms with van der Waals surface area (Å²) in [6, 6.07) is 7.82. The van der Waals surface area contributed by atoms with Crippen molar-refractivity contribution in [3.63, 3.8) is 0 Å². The summed E-state index contributed by atoms with van der Waals surface area (Å²) in [4.78, 5) is 14.5. The minimum Gasteiger partial charge on any atom is -0.410 e. The second-order valence-electron chi connectivity index (χ2n) is 6.50. The first-order chi connectivity index (χ1) is 12.6. The van der Waals surface area contributed by atoms with Crippen molar-refractivity contribution in [3.8, 4) is 10.8 Å². The van der Waals surface area contributed by atoms with Crippen LogP contribution in [0.1, 0.15) is 34.1 Å². The number of nitrogens with zero attached hydrogens (tertiary/aromatic N) is 2. The Morgan fingerprint density at radius 3 is 3.12 bits per heavy atom. The van der Waals surface area contributed by atoms with Gasteiger partial charge in [-0.15, -0.1) is 21.5 Å². The molecule has 0 N–H and O–H groups in total. The van der Waals surface area contributed by atoms with Crippen LogP contribution in [0.5, 0.6) is 0 Å². The third-order valence-electron chi connectivity index (χ3n) is 4.42. The van der Waals surface area contributed by atoms with Gasteiger partial charge in [-0.3, -0.25) is 4.79 Å². The maximum absolute atomic E-state index is 13.2. The molecule has 134 valence electrons. The summed E-state index contributed by atoms with van der Waals surface area (Å²) in [5.41, 5.74) is 1.73. The van der Waals surface area contributed by atoms with Crippen LogP contribution in [0.2, 0.25) is 0 Å². The number of Topliss-reactive ketones (excluding diaryl/α,β-unsaturated/α-hetero) is 1. The van der Waals surface area contributed by atoms with Crippen LogP contribution in [-0.4, -0.2) is 21.7 Å². The van der Waals surface area contributed by atoms with Gasteiger partial charge in [-0.2, -0.15) is 0 Å². The van der Waals surface area contributed by atoms with Crippen LogP contribution in [0.4, 0.5) is 4.39 Å². The van der Waals surface area contributed by atoms with Gasteiger partial charge in [0.25, 0.3) is 11.1 Å². The van der Waals surface area contributed by atoms with Crippen molar-refractivity contribution in [1.82, 2.24) is 10.2 Å². The third-order valence-corrected chi connectivity index (χ3v) is 6.46. The van der Waals surface area contributed by atoms with Gasteiger partial charge in [0, 0.05) is 10.4 Å². The molecule has 1 aromatic carbocycles. The molecule has 4 rings (SSSR count). The van der Waals surface area contributed by atoms with E-state index in [-0.39, 0.29) is 11.5 Å². The molecule has 4 nitrogen and oxygen atoms in total. The number of carbonyl (C=O) groups excluding carboxylic acids is 1. The first-order valence-corrected chi connectivity index (χ1v) is 10.3. The lowest BCUT2D eigenvalue weighted by Crippen LogP contribution is -2.07. The van der Waals surface area contributed by atoms with Gasteiger partial charge in [0.05, 0.1) is 10.6 Å². The molecule has 0 amide bonds. The molecule has 0 bridgehead atoms. The number of rotatable bonds is 5. The maximum Gasteiger partial charge on any atom is 0.277 e. The van der Waals surface area contributed by atoms with Crippen LogP contribution in [-0.2, 0) is 12.8 Å². The fraction of sp³-hybridized carbons (Fsp3) is 0.316. The molecule has 1 aliphatic rings. The van der Waals surface area contributed by atoms with Gasteiger partial charge in [-0.1, -0.05) is 30.8 Å². The number of fused-ring (bicyclic) bond motifs is 1. The average molecular weight is 388 g/mol. The Hall–Kier alpha value is -1.99. The summed E-state index contributed by atoms with van der Waals surface area (Å²) >= 11 is 2.88. The lowest BCUT2D eigenvalue weighted by atomic mass is 9.90. The van der Waals surface area contributed by atoms with Crippen molar-refractivity contribution >= 4 is 28.9 Å². The van der Waals surface area contributed by atoms with Crippen LogP contribution >= 0.6 is 23.1 Å². The molecule has 0 fully saturated rings. The van der Waals surface area contributed by atoms with Crippen molar-refractivity contribution in [2.75, 3.05) is 5.75 Å². The summed E-state index contributed by atoms with van der Waals surface area (Å²) in [6.07, 6.45) is 3.43. The fourth-order valence-corrected chi connectivity index (χ4v) is 4.84. The third kappa shape index (κ3) is 3.73. The van der Waals surface area contributed by atoms with E-state index in [2.05, 4.69) is 23.2 Å². The molecule has 0 aliphatic heterocycles. The fourth-order valence-electron chi connectivity index (χ4n) is 3.05. The molecular formula is C19H17FN2O2S2. The summed E-state index contributed by atoms with van der Waals surface area (Å²) in [5, 5.41) is 8.49. The summed E-state index contributed by atoms with van der Waals surface area (Å²) in [5.74, 6) is 0.751. The average Bonchev–Trinajstić information content (AvgIpc) is 3.25. The summed E-state index contributed by atoms with van der Waals surface area (Å²) in [6.45, 7) is 2.28. The zero-order chi connectivity index (χ0) is 18.1. The van der Waals surface area contributed by atoms with Gasteiger partial charge < -0.3 is 4.42 Å². The molecule has 1 aliphatic carbocycles. The monoisotopic (exact) mass is 388 g/mol. The number of hydrogen-bond donors (Lipinski definition) is 0. The molecule has 0 radical (unpaired) electrons. The number of carbonyl (C=O) groups is 1. The molecule has 26 heavy (non-hydrogen) atoms. The number of thiophene rings is 1. The molecule has 0 spiro atoms. The van der Waals surface area contributed by atoms with E-state index in [1.807, 2.05) is 0 Å². The highest BCUT2D eigenvalue weighted by molar-refractivity contribution is 7.99. The van der Waals surface area contributed by atoms with Crippen LogP contribution in [0.25, 0.3) is 10.8 Å². The predicted molar refractivity (Wildman–Crippen MR) is 100 cm³/mol. The van der Waals surface area contributed by atoms with Crippen LogP contribution < -0.4 is 0 Å². The summed E-state index contributed by atoms with van der Waals surface area (Å²) in [7, 11) is 0. The highest BCUT2D eigenvalue weighted by Gasteiger charge is 2.21. The largest absolute Gasteiger partial charge is 0.410 e. The quantitative estimate of drug-likeness (QED) is 0.453. The number of ketones is 1. The zero-order valence-electron chi connectivity index (χ0n) is 14.2. The van der Waals surface area contributed by atoms with E-state index in [1.165, 1.54) is 46.8 Å². The van der Waals surface area contributed by atoms with E-state index < -0.39 is 5.82 Å². The van der Waals surface area contributed by atoms with E-state index in [4.69, 9.17) is 4.42 Å². The minimum atomic E-state index is -0.420. The first kappa shape index (κ1) is 17.4. The predicted octanol–water partition coefficient (Wildman–Crippen LogP) is 5.04. The number of aromatic nitrogens is 2. The Morgan fingerprint density at radius 2 is 2.27 bits per heavy atom. The minimum absolute atomic E-state index is 0.129. The highest BCUT2D eigenvalue weighted by atomic mass is 32.2. The number of benzene rings is 1. The number of hydrogen-bond acceptors (Lipinski definition) is 6. The second kappa shape index (κ2) is 7.32. The standard InChI is InChI=1S/C19H17FN2O2S2/c1-11-5-6-16-13(7-11)9-17(26-16)18-21-22-19(24-18)25-10-15(23)12-3-2-4-14(20)8-12/h2-4,8-9,11H,5-7,10H2,1H3/t11-/m1/s1. The van der Waals surface area contributed by atoms with E-state index in [0.717, 1.165) is 17.7 Å². The van der Waals surface area contributed by atoms with E-state index in [9.17, 15) is 9.18 Å². The van der Waals surface area contributed by atoms with E-state index in [0.29, 0.717) is 22.6 Å². The van der Waals surface area contributed by atoms with Gasteiger partial charge >= 0.3 is 0 Å². The number of thioether (sulfide) groups is 1. The van der Waals surface area contributed by atoms with E-state index in [1.54, 1.807) is 17.4 Å². The van der Waals surface area contributed by atoms with Gasteiger partial charge in [0.15, 0.2) is 5.78 Å². The zero-order valence-corrected chi connectivity index (χ0v) is 15.8. The first-order valence-electron chi connectivity index (χ1n) is 8.45. The Labute approximate surface area is 158 Å². The number of halogens is 1. The Balaban J connectivity index is 1.43. The van der Waals surface area contributed by atoms with Crippen LogP contribution in [0.3, 0.4) is 0 Å². The van der Waals surface area contributed by atoms with Gasteiger partial charge in [0.2, 0.25) is 0 Å². The number of aryl methyl sites for hydroxylation is 1. The smallest absolute Gasteiger partial charge is 0.277 e. The van der Waals surface area contributed by atoms with E-state index >= 15 is 0 Å². The molecule has 2 heterocycles. The molecule has 1 atom stereocenters. The lowest BCUT2D eigenvalue weighted by molar-refractivity contribution is 0.102. The van der Waals surface area contributed by atoms with Crippen molar-refractivity contribution in [3.05, 3.63) is 52.2 Å². The molecule has 3 aromatic rings. The van der Waals surface area contributed by atoms with Crippen LogP contribution in [0, 0.1) is 11.7 Å². The van der Waals surface area contributed by atoms with Crippen molar-refractivity contribution in [1.29, 1.82) is 0 Å². The topological polar surface area (TPSA) is 56.0 Å². The molecule has 0 unspecified atom stereocenters. The van der Waals surface area contributed by atoms with Crippen LogP contribution in [0.15, 0.2) is 40.0 Å². The van der Waals surface area contributed by atoms with Crippen molar-refractivity contribution in [2.45, 2.75) is 31.4 Å². The van der Waals surface area contributed by atoms with Gasteiger partial charge in [-0.05, 0) is 48.9 Å². The second-order valence-corrected chi connectivity index (χ2v) is 8.57. The molecular weight excluding hydrogens is 371 g/mol. The van der Waals surface area contributed by atoms with Gasteiger partial charge in [0.1, 0.15) is 5.82 Å². The summed E-state index contributed by atoms with van der Waals surface area (Å²) < 4.78 is 18.9. The maximum atomic E-state index is 13.2. The van der Waals surface area contributed by atoms with Gasteiger partial charge in [-0.25, -0.2) is 4.39 Å². The normalized spacial score (nSPS) is 16.5. The molecule has 7 heteroatoms. The SMILES string of the molecule is C[C@@H]1CCc2sc(-c3nnc(SCC(=O)c4cccc(F)c4)o3)cc2C1. The highest BCUT2D eigenvalue weighted by Crippen LogP contribution is 2.37. The molecule has 0 saturated heterocycles. The van der Waals surface area contributed by atoms with Crippen molar-refractivity contribution in [2.24, 2.45) is 5.92 Å². The van der Waals surface area contributed by atoms with Crippen molar-refractivity contribution < 1.29 is 13.6 Å². The molecule has 0 saturated carbocycles. The Morgan fingerprint density at radius 1 is 1.38 bits per heavy atom. The Kier molecular flexibility index (Phi) is 4.91. The molecule has 2 aromatic heterocycles. The Bertz CT molecular complexity index is 951. The lowest BCUT2D eigenvalue weighted by Gasteiger charge is -2.16.